The van der Waals surface area contributed by atoms with E-state index in [9.17, 15) is 24.0 Å². The summed E-state index contributed by atoms with van der Waals surface area (Å²) in [5.41, 5.74) is -1.55. The Kier molecular flexibility index (Phi) is 15.6. The van der Waals surface area contributed by atoms with Crippen molar-refractivity contribution in [3.63, 3.8) is 0 Å². The highest BCUT2D eigenvalue weighted by Gasteiger charge is 2.32. The number of carbonyl (C=O) groups is 5. The van der Waals surface area contributed by atoms with Crippen molar-refractivity contribution in [2.24, 2.45) is 11.8 Å². The van der Waals surface area contributed by atoms with E-state index in [0.717, 1.165) is 0 Å². The number of amides is 2. The van der Waals surface area contributed by atoms with E-state index in [-0.39, 0.29) is 11.8 Å². The first-order valence-electron chi connectivity index (χ1n) is 12.9. The number of esters is 2. The molecule has 13 nitrogen and oxygen atoms in total. The molecule has 0 aliphatic rings. The second-order valence-corrected chi connectivity index (χ2v) is 13.4. The van der Waals surface area contributed by atoms with Gasteiger partial charge in [-0.3, -0.25) is 0 Å². The first kappa shape index (κ1) is 37.5. The molecule has 0 aromatic carbocycles. The monoisotopic (exact) mass is 688 g/mol. The van der Waals surface area contributed by atoms with Gasteiger partial charge >= 0.3 is 30.3 Å². The van der Waals surface area contributed by atoms with Crippen LogP contribution in [0.4, 0.5) is 14.4 Å². The van der Waals surface area contributed by atoms with E-state index in [2.05, 4.69) is 10.6 Å². The molecule has 3 atom stereocenters. The van der Waals surface area contributed by atoms with Crippen molar-refractivity contribution in [3.8, 4) is 0 Å². The molecule has 0 bridgehead atoms. The molecule has 0 fully saturated rings. The molecular weight excluding hydrogens is 643 g/mol. The van der Waals surface area contributed by atoms with E-state index in [0.29, 0.717) is 0 Å². The largest absolute Gasteiger partial charge is 0.509 e. The van der Waals surface area contributed by atoms with Crippen LogP contribution in [0.3, 0.4) is 0 Å². The SMILES string of the molecule is CC(I)OC(=O)OC(COC(=O)[C@@H](NC(=O)OC(C)(C)C)C(C)C)COC(=O)[C@@H](NC(=O)OC(C)(C)C)C(C)C. The van der Waals surface area contributed by atoms with Crippen molar-refractivity contribution in [1.29, 1.82) is 0 Å². The van der Waals surface area contributed by atoms with Gasteiger partial charge in [0.25, 0.3) is 0 Å². The molecule has 40 heavy (non-hydrogen) atoms. The molecule has 0 aromatic heterocycles. The number of carbonyl (C=O) groups excluding carboxylic acids is 5. The fourth-order valence-corrected chi connectivity index (χ4v) is 3.01. The molecule has 0 heterocycles. The summed E-state index contributed by atoms with van der Waals surface area (Å²) in [4.78, 5) is 62.1. The number of halogens is 1. The number of alkyl halides is 1. The third kappa shape index (κ3) is 17.2. The summed E-state index contributed by atoms with van der Waals surface area (Å²) in [7, 11) is 0. The molecular formula is C26H45IN2O11. The number of hydrogen-bond acceptors (Lipinski definition) is 11. The molecule has 0 aromatic rings. The van der Waals surface area contributed by atoms with Crippen LogP contribution in [0.5, 0.6) is 0 Å². The lowest BCUT2D eigenvalue weighted by Crippen LogP contribution is -2.48. The normalized spacial score (nSPS) is 14.1. The van der Waals surface area contributed by atoms with Crippen molar-refractivity contribution in [2.75, 3.05) is 13.2 Å². The third-order valence-corrected chi connectivity index (χ3v) is 4.78. The van der Waals surface area contributed by atoms with Crippen molar-refractivity contribution in [3.05, 3.63) is 0 Å². The lowest BCUT2D eigenvalue weighted by molar-refractivity contribution is -0.157. The summed E-state index contributed by atoms with van der Waals surface area (Å²) in [5, 5.41) is 4.94. The zero-order valence-corrected chi connectivity index (χ0v) is 27.4. The average molecular weight is 689 g/mol. The molecule has 0 radical (unpaired) electrons. The molecule has 0 saturated heterocycles. The Labute approximate surface area is 250 Å². The summed E-state index contributed by atoms with van der Waals surface area (Å²) in [6, 6.07) is -2.13. The maximum absolute atomic E-state index is 12.8. The molecule has 0 saturated carbocycles. The third-order valence-electron chi connectivity index (χ3n) is 4.53. The first-order chi connectivity index (χ1) is 18.1. The minimum absolute atomic E-state index is 0.368. The van der Waals surface area contributed by atoms with Crippen molar-refractivity contribution in [1.82, 2.24) is 10.6 Å². The van der Waals surface area contributed by atoms with Crippen LogP contribution in [-0.2, 0) is 38.0 Å². The smallest absolute Gasteiger partial charge is 0.460 e. The van der Waals surface area contributed by atoms with Crippen LogP contribution < -0.4 is 10.6 Å². The number of nitrogens with one attached hydrogen (secondary N) is 2. The molecule has 232 valence electrons. The predicted octanol–water partition coefficient (Wildman–Crippen LogP) is 4.47. The Balaban J connectivity index is 5.45. The highest BCUT2D eigenvalue weighted by atomic mass is 127. The van der Waals surface area contributed by atoms with Crippen LogP contribution in [0, 0.1) is 11.8 Å². The van der Waals surface area contributed by atoms with E-state index in [1.807, 2.05) is 22.6 Å². The second kappa shape index (κ2) is 16.7. The van der Waals surface area contributed by atoms with Gasteiger partial charge in [0.05, 0.1) is 0 Å². The fourth-order valence-electron chi connectivity index (χ4n) is 2.81. The zero-order chi connectivity index (χ0) is 31.4. The summed E-state index contributed by atoms with van der Waals surface area (Å²) in [6.45, 7) is 17.5. The standard InChI is InChI=1S/C26H45IN2O11/c1-14(2)18(28-22(32)39-25(6,7)8)20(30)35-12-17(38-24(34)37-16(5)27)13-36-21(31)19(15(3)4)29-23(33)40-26(9,10)11/h14-19H,12-13H2,1-11H3,(H,28,32)(H,29,33)/t16?,18-,19-/m0/s1. The molecule has 0 aliphatic carbocycles. The summed E-state index contributed by atoms with van der Waals surface area (Å²) in [5.74, 6) is -2.37. The van der Waals surface area contributed by atoms with Gasteiger partial charge in [0.2, 0.25) is 0 Å². The van der Waals surface area contributed by atoms with Gasteiger partial charge in [-0.2, -0.15) is 0 Å². The fraction of sp³-hybridized carbons (Fsp3) is 0.808. The lowest BCUT2D eigenvalue weighted by atomic mass is 10.1. The zero-order valence-electron chi connectivity index (χ0n) is 25.2. The minimum Gasteiger partial charge on any atom is -0.460 e. The molecule has 0 rings (SSSR count). The summed E-state index contributed by atoms with van der Waals surface area (Å²) in [6.07, 6.45) is -3.93. The molecule has 0 aliphatic heterocycles. The lowest BCUT2D eigenvalue weighted by Gasteiger charge is -2.26. The Morgan fingerprint density at radius 3 is 1.27 bits per heavy atom. The van der Waals surface area contributed by atoms with Gasteiger partial charge in [-0.25, -0.2) is 24.0 Å². The number of rotatable bonds is 12. The van der Waals surface area contributed by atoms with Gasteiger partial charge in [-0.05, 0) is 82.9 Å². The number of hydrogen-bond donors (Lipinski definition) is 2. The Morgan fingerprint density at radius 1 is 0.650 bits per heavy atom. The van der Waals surface area contributed by atoms with E-state index in [1.54, 1.807) is 76.2 Å². The van der Waals surface area contributed by atoms with Gasteiger partial charge in [0.1, 0.15) is 36.5 Å². The topological polar surface area (TPSA) is 165 Å². The van der Waals surface area contributed by atoms with Crippen LogP contribution in [0.1, 0.15) is 76.2 Å². The van der Waals surface area contributed by atoms with E-state index in [4.69, 9.17) is 28.4 Å². The van der Waals surface area contributed by atoms with E-state index in [1.165, 1.54) is 0 Å². The van der Waals surface area contributed by atoms with Gasteiger partial charge in [-0.15, -0.1) is 0 Å². The van der Waals surface area contributed by atoms with E-state index < -0.39 is 77.0 Å². The van der Waals surface area contributed by atoms with Gasteiger partial charge in [-0.1, -0.05) is 27.7 Å². The van der Waals surface area contributed by atoms with Crippen LogP contribution in [-0.4, -0.2) is 77.0 Å². The molecule has 0 spiro atoms. The van der Waals surface area contributed by atoms with Crippen molar-refractivity contribution in [2.45, 2.75) is 110 Å². The number of ether oxygens (including phenoxy) is 6. The van der Waals surface area contributed by atoms with Gasteiger partial charge < -0.3 is 39.1 Å². The maximum Gasteiger partial charge on any atom is 0.509 e. The summed E-state index contributed by atoms with van der Waals surface area (Å²) < 4.78 is 30.6. The Hall–Kier alpha value is -2.52. The highest BCUT2D eigenvalue weighted by Crippen LogP contribution is 2.13. The maximum atomic E-state index is 12.8. The number of alkyl carbamates (subject to hydrolysis) is 2. The highest BCUT2D eigenvalue weighted by molar-refractivity contribution is 14.1. The van der Waals surface area contributed by atoms with Crippen LogP contribution in [0.25, 0.3) is 0 Å². The molecule has 2 amide bonds. The van der Waals surface area contributed by atoms with Crippen molar-refractivity contribution >= 4 is 52.9 Å². The summed E-state index contributed by atoms with van der Waals surface area (Å²) >= 11 is 1.84. The molecule has 2 N–H and O–H groups in total. The van der Waals surface area contributed by atoms with Crippen molar-refractivity contribution < 1.29 is 52.4 Å². The van der Waals surface area contributed by atoms with Gasteiger partial charge in [0, 0.05) is 0 Å². The average Bonchev–Trinajstić information content (AvgIpc) is 2.73. The first-order valence-corrected chi connectivity index (χ1v) is 14.2. The van der Waals surface area contributed by atoms with Gasteiger partial charge in [0.15, 0.2) is 10.2 Å². The van der Waals surface area contributed by atoms with E-state index >= 15 is 0 Å². The second-order valence-electron chi connectivity index (χ2n) is 11.6. The van der Waals surface area contributed by atoms with Crippen LogP contribution in [0.15, 0.2) is 0 Å². The minimum atomic E-state index is -1.25. The van der Waals surface area contributed by atoms with Crippen LogP contribution in [0.2, 0.25) is 0 Å². The Morgan fingerprint density at radius 2 is 1.00 bits per heavy atom. The molecule has 1 unspecified atom stereocenters. The quantitative estimate of drug-likeness (QED) is 0.129. The predicted molar refractivity (Wildman–Crippen MR) is 153 cm³/mol. The molecule has 14 heteroatoms. The van der Waals surface area contributed by atoms with Crippen LogP contribution >= 0.6 is 22.6 Å². The Bertz CT molecular complexity index is 806.